The normalized spacial score (nSPS) is 10.6. The van der Waals surface area contributed by atoms with Crippen molar-refractivity contribution in [3.63, 3.8) is 0 Å². The van der Waals surface area contributed by atoms with Crippen LogP contribution in [0.25, 0.3) is 11.3 Å². The number of halogens is 3. The summed E-state index contributed by atoms with van der Waals surface area (Å²) in [4.78, 5) is 7.75. The van der Waals surface area contributed by atoms with E-state index in [9.17, 15) is 8.78 Å². The molecule has 0 radical (unpaired) electrons. The molecule has 0 aliphatic carbocycles. The van der Waals surface area contributed by atoms with Gasteiger partial charge in [0.1, 0.15) is 0 Å². The van der Waals surface area contributed by atoms with Crippen molar-refractivity contribution in [3.8, 4) is 11.3 Å². The van der Waals surface area contributed by atoms with E-state index in [0.717, 1.165) is 0 Å². The van der Waals surface area contributed by atoms with Crippen LogP contribution in [0, 0.1) is 25.5 Å². The van der Waals surface area contributed by atoms with Crippen molar-refractivity contribution in [2.24, 2.45) is 0 Å². The van der Waals surface area contributed by atoms with Crippen molar-refractivity contribution in [3.05, 3.63) is 46.4 Å². The molecule has 5 heteroatoms. The van der Waals surface area contributed by atoms with Gasteiger partial charge in [-0.1, -0.05) is 6.07 Å². The second-order valence-corrected chi connectivity index (χ2v) is 4.06. The summed E-state index contributed by atoms with van der Waals surface area (Å²) in [6.07, 6.45) is 0. The smallest absolute Gasteiger partial charge is 0.223 e. The third-order valence-electron chi connectivity index (χ3n) is 2.38. The molecule has 17 heavy (non-hydrogen) atoms. The minimum Gasteiger partial charge on any atom is -0.223 e. The van der Waals surface area contributed by atoms with E-state index in [0.29, 0.717) is 5.69 Å². The Balaban J connectivity index is 2.64. The first-order chi connectivity index (χ1) is 7.99. The Morgan fingerprint density at radius 2 is 1.76 bits per heavy atom. The van der Waals surface area contributed by atoms with E-state index in [-0.39, 0.29) is 22.1 Å². The maximum atomic E-state index is 13.7. The van der Waals surface area contributed by atoms with E-state index in [2.05, 4.69) is 9.97 Å². The molecule has 1 aromatic heterocycles. The van der Waals surface area contributed by atoms with Crippen molar-refractivity contribution >= 4 is 11.6 Å². The van der Waals surface area contributed by atoms with Crippen LogP contribution in [0.2, 0.25) is 5.28 Å². The number of benzene rings is 1. The summed E-state index contributed by atoms with van der Waals surface area (Å²) >= 11 is 5.69. The molecule has 0 amide bonds. The maximum absolute atomic E-state index is 13.7. The van der Waals surface area contributed by atoms with Crippen LogP contribution in [-0.2, 0) is 0 Å². The lowest BCUT2D eigenvalue weighted by Gasteiger charge is -2.06. The third-order valence-corrected chi connectivity index (χ3v) is 2.55. The van der Waals surface area contributed by atoms with Crippen molar-refractivity contribution < 1.29 is 8.78 Å². The fourth-order valence-corrected chi connectivity index (χ4v) is 1.74. The highest BCUT2D eigenvalue weighted by Gasteiger charge is 2.14. The van der Waals surface area contributed by atoms with Gasteiger partial charge in [-0.25, -0.2) is 18.7 Å². The summed E-state index contributed by atoms with van der Waals surface area (Å²) < 4.78 is 27.2. The topological polar surface area (TPSA) is 25.8 Å². The van der Waals surface area contributed by atoms with Crippen LogP contribution in [0.5, 0.6) is 0 Å². The lowest BCUT2D eigenvalue weighted by molar-refractivity contribution is 0.505. The first-order valence-corrected chi connectivity index (χ1v) is 5.33. The summed E-state index contributed by atoms with van der Waals surface area (Å²) in [6.45, 7) is 3.21. The zero-order valence-electron chi connectivity index (χ0n) is 9.26. The minimum atomic E-state index is -0.917. The maximum Gasteiger partial charge on any atom is 0.223 e. The van der Waals surface area contributed by atoms with Gasteiger partial charge in [0.2, 0.25) is 5.28 Å². The Kier molecular flexibility index (Phi) is 3.07. The summed E-state index contributed by atoms with van der Waals surface area (Å²) in [5.74, 6) is -1.78. The fraction of sp³-hybridized carbons (Fsp3) is 0.167. The molecule has 0 spiro atoms. The zero-order chi connectivity index (χ0) is 12.6. The summed E-state index contributed by atoms with van der Waals surface area (Å²) in [5, 5.41) is 0.0142. The van der Waals surface area contributed by atoms with Gasteiger partial charge in [0.05, 0.1) is 5.69 Å². The van der Waals surface area contributed by atoms with Gasteiger partial charge in [-0.15, -0.1) is 0 Å². The summed E-state index contributed by atoms with van der Waals surface area (Å²) in [6, 6.07) is 4.53. The number of aromatic nitrogens is 2. The zero-order valence-corrected chi connectivity index (χ0v) is 10.0. The van der Waals surface area contributed by atoms with Gasteiger partial charge in [0.25, 0.3) is 0 Å². The quantitative estimate of drug-likeness (QED) is 0.726. The molecule has 1 aromatic carbocycles. The lowest BCUT2D eigenvalue weighted by atomic mass is 10.1. The molecule has 0 fully saturated rings. The first-order valence-electron chi connectivity index (χ1n) is 4.95. The average molecular weight is 255 g/mol. The molecular weight excluding hydrogens is 246 g/mol. The Bertz CT molecular complexity index is 565. The van der Waals surface area contributed by atoms with Crippen LogP contribution in [0.15, 0.2) is 18.2 Å². The van der Waals surface area contributed by atoms with E-state index < -0.39 is 11.6 Å². The van der Waals surface area contributed by atoms with Gasteiger partial charge in [0, 0.05) is 11.3 Å². The van der Waals surface area contributed by atoms with Gasteiger partial charge in [0.15, 0.2) is 11.6 Å². The second kappa shape index (κ2) is 4.37. The van der Waals surface area contributed by atoms with Crippen molar-refractivity contribution in [1.29, 1.82) is 0 Å². The molecule has 0 bridgehead atoms. The molecule has 0 saturated carbocycles. The predicted molar refractivity (Wildman–Crippen MR) is 61.9 cm³/mol. The molecule has 2 nitrogen and oxygen atoms in total. The minimum absolute atomic E-state index is 0.0142. The van der Waals surface area contributed by atoms with Crippen molar-refractivity contribution in [2.45, 2.75) is 13.8 Å². The molecule has 0 aliphatic heterocycles. The van der Waals surface area contributed by atoms with E-state index in [4.69, 9.17) is 11.6 Å². The second-order valence-electron chi connectivity index (χ2n) is 3.72. The average Bonchev–Trinajstić information content (AvgIpc) is 2.24. The third kappa shape index (κ3) is 2.26. The molecule has 88 valence electrons. The molecule has 0 N–H and O–H groups in total. The highest BCUT2D eigenvalue weighted by atomic mass is 35.5. The Morgan fingerprint density at radius 1 is 1.06 bits per heavy atom. The largest absolute Gasteiger partial charge is 0.223 e. The SMILES string of the molecule is Cc1cc(-c2ccc(C)c(F)c2F)nc(Cl)n1. The molecule has 2 aromatic rings. The van der Waals surface area contributed by atoms with Gasteiger partial charge >= 0.3 is 0 Å². The monoisotopic (exact) mass is 254 g/mol. The van der Waals surface area contributed by atoms with E-state index in [1.807, 2.05) is 0 Å². The number of hydrogen-bond donors (Lipinski definition) is 0. The summed E-state index contributed by atoms with van der Waals surface area (Å²) in [7, 11) is 0. The van der Waals surface area contributed by atoms with Gasteiger partial charge in [-0.2, -0.15) is 0 Å². The highest BCUT2D eigenvalue weighted by molar-refractivity contribution is 6.28. The van der Waals surface area contributed by atoms with Gasteiger partial charge in [-0.05, 0) is 43.1 Å². The van der Waals surface area contributed by atoms with Crippen molar-refractivity contribution in [1.82, 2.24) is 9.97 Å². The number of hydrogen-bond acceptors (Lipinski definition) is 2. The van der Waals surface area contributed by atoms with Crippen LogP contribution in [0.3, 0.4) is 0 Å². The van der Waals surface area contributed by atoms with Crippen LogP contribution in [0.4, 0.5) is 8.78 Å². The first kappa shape index (κ1) is 11.9. The molecular formula is C12H9ClF2N2. The number of nitrogens with zero attached hydrogens (tertiary/aromatic N) is 2. The van der Waals surface area contributed by atoms with E-state index >= 15 is 0 Å². The molecule has 0 atom stereocenters. The van der Waals surface area contributed by atoms with Crippen LogP contribution >= 0.6 is 11.6 Å². The van der Waals surface area contributed by atoms with Crippen LogP contribution in [-0.4, -0.2) is 9.97 Å². The van der Waals surface area contributed by atoms with E-state index in [1.54, 1.807) is 13.0 Å². The Morgan fingerprint density at radius 3 is 2.41 bits per heavy atom. The highest BCUT2D eigenvalue weighted by Crippen LogP contribution is 2.25. The predicted octanol–water partition coefficient (Wildman–Crippen LogP) is 3.69. The fourth-order valence-electron chi connectivity index (χ4n) is 1.51. The van der Waals surface area contributed by atoms with Gasteiger partial charge in [-0.3, -0.25) is 0 Å². The lowest BCUT2D eigenvalue weighted by Crippen LogP contribution is -1.97. The molecule has 0 unspecified atom stereocenters. The van der Waals surface area contributed by atoms with E-state index in [1.165, 1.54) is 19.1 Å². The Hall–Kier alpha value is -1.55. The Labute approximate surface area is 102 Å². The van der Waals surface area contributed by atoms with Gasteiger partial charge < -0.3 is 0 Å². The molecule has 2 rings (SSSR count). The standard InChI is InChI=1S/C12H9ClF2N2/c1-6-3-4-8(11(15)10(6)14)9-5-7(2)16-12(13)17-9/h3-5H,1-2H3. The van der Waals surface area contributed by atoms with Crippen molar-refractivity contribution in [2.75, 3.05) is 0 Å². The van der Waals surface area contributed by atoms with Crippen LogP contribution in [0.1, 0.15) is 11.3 Å². The number of rotatable bonds is 1. The molecule has 0 aliphatic rings. The number of aryl methyl sites for hydroxylation is 2. The van der Waals surface area contributed by atoms with Crippen LogP contribution < -0.4 is 0 Å². The summed E-state index contributed by atoms with van der Waals surface area (Å²) in [5.41, 5.74) is 1.21. The molecule has 1 heterocycles. The molecule has 0 saturated heterocycles.